The molecule has 1 fully saturated rings. The minimum atomic E-state index is -0.413. The molecule has 13 rings (SSSR count). The Morgan fingerprint density at radius 3 is 1.47 bits per heavy atom. The summed E-state index contributed by atoms with van der Waals surface area (Å²) >= 11 is 0. The van der Waals surface area contributed by atoms with Crippen molar-refractivity contribution in [1.29, 1.82) is 0 Å². The van der Waals surface area contributed by atoms with Gasteiger partial charge >= 0.3 is 11.9 Å². The lowest BCUT2D eigenvalue weighted by atomic mass is 9.80. The van der Waals surface area contributed by atoms with Crippen LogP contribution in [0.5, 0.6) is 0 Å². The highest BCUT2D eigenvalue weighted by Gasteiger charge is 2.33. The molecule has 16 heteroatoms. The number of ketones is 1. The summed E-state index contributed by atoms with van der Waals surface area (Å²) in [6.45, 7) is 26.0. The Kier molecular flexibility index (Phi) is 25.7. The maximum absolute atomic E-state index is 13.8. The Morgan fingerprint density at radius 2 is 1.01 bits per heavy atom. The molecule has 8 bridgehead atoms. The highest BCUT2D eigenvalue weighted by molar-refractivity contribution is 6.39. The standard InChI is InChI=1S/C52H60N2O6.C32H34N4O4/c1-11-13-15-43(59-51(57)33(3)4)31-53(45-27-17-35(7)29-37(45)9)41-23-19-39(20-24-41)47-49(55)48(50(47)56)40-21-25-42(26-22-40)54(46-28-18-36(8)30-38(46)10)32-44(16-14-12-2)60-52(58)34(5)6;37-29-25-3-1-4-26(15-25)30(38)34-18-22-9-13-24(14-10-22)20-36-32(40)28-6-2-5-27(16-28)31(39)35-19-23-11-7-21(8-12-23)17-33-29/h17-30,43-44H,3,5,11-16,31-32H2,1-2,4,6-10H3;1-8,11-12,15-16,22,24H,9-10,13-14,17-20H2,(H,33,37)(H,34,38)(H,35,39)(H,36,40). The maximum Gasteiger partial charge on any atom is 0.333 e. The van der Waals surface area contributed by atoms with E-state index in [0.717, 1.165) is 108 Å². The van der Waals surface area contributed by atoms with Gasteiger partial charge in [0.1, 0.15) is 6.10 Å². The summed E-state index contributed by atoms with van der Waals surface area (Å²) < 4.78 is 14.0. The molecule has 2 atom stereocenters. The van der Waals surface area contributed by atoms with Crippen molar-refractivity contribution in [2.75, 3.05) is 31.1 Å². The van der Waals surface area contributed by atoms with E-state index in [9.17, 15) is 38.7 Å². The summed E-state index contributed by atoms with van der Waals surface area (Å²) in [5.74, 6) is -1.53. The Balaban J connectivity index is 0.000000252. The molecular formula is C84H94N6O10. The average Bonchev–Trinajstić information content (AvgIpc) is 0.745. The molecule has 7 aliphatic rings. The minimum absolute atomic E-state index is 0.157. The van der Waals surface area contributed by atoms with Gasteiger partial charge in [0.25, 0.3) is 23.6 Å². The zero-order valence-corrected chi connectivity index (χ0v) is 59.0. The number of carbonyl (C=O) groups is 7. The molecule has 4 heterocycles. The van der Waals surface area contributed by atoms with Crippen LogP contribution >= 0.6 is 0 Å². The van der Waals surface area contributed by atoms with Gasteiger partial charge in [0, 0.05) is 106 Å². The van der Waals surface area contributed by atoms with Gasteiger partial charge in [-0.05, 0) is 205 Å². The zero-order valence-electron chi connectivity index (χ0n) is 59.0. The Bertz CT molecular complexity index is 4110. The van der Waals surface area contributed by atoms with Gasteiger partial charge in [0.05, 0.1) is 6.54 Å². The van der Waals surface area contributed by atoms with Crippen molar-refractivity contribution in [3.63, 3.8) is 0 Å². The molecule has 0 spiro atoms. The van der Waals surface area contributed by atoms with Crippen molar-refractivity contribution in [3.05, 3.63) is 260 Å². The molecule has 4 amide bonds. The molecule has 520 valence electrons. The summed E-state index contributed by atoms with van der Waals surface area (Å²) in [5, 5.41) is 25.7. The van der Waals surface area contributed by atoms with Gasteiger partial charge in [0.15, 0.2) is 18.4 Å². The molecule has 16 nitrogen and oxygen atoms in total. The van der Waals surface area contributed by atoms with E-state index < -0.39 is 11.9 Å². The molecule has 6 aromatic carbocycles. The molecule has 0 radical (unpaired) electrons. The van der Waals surface area contributed by atoms with Gasteiger partial charge in [-0.2, -0.15) is 4.58 Å². The van der Waals surface area contributed by atoms with Crippen LogP contribution in [0.15, 0.2) is 199 Å². The monoisotopic (exact) mass is 1350 g/mol. The number of hydrogen-bond donors (Lipinski definition) is 4. The number of amides is 4. The molecule has 0 saturated heterocycles. The largest absolute Gasteiger partial charge is 0.871 e. The lowest BCUT2D eigenvalue weighted by Crippen LogP contribution is -2.34. The van der Waals surface area contributed by atoms with Gasteiger partial charge < -0.3 is 40.7 Å². The molecule has 1 saturated carbocycles. The van der Waals surface area contributed by atoms with Gasteiger partial charge in [-0.25, -0.2) is 9.59 Å². The molecule has 4 aliphatic heterocycles. The van der Waals surface area contributed by atoms with Crippen molar-refractivity contribution in [3.8, 4) is 0 Å². The fraction of sp³-hybridized carbons (Fsp3) is 0.333. The van der Waals surface area contributed by atoms with Crippen LogP contribution in [-0.2, 0) is 36.9 Å². The van der Waals surface area contributed by atoms with Crippen LogP contribution in [0.4, 0.5) is 17.1 Å². The summed E-state index contributed by atoms with van der Waals surface area (Å²) in [4.78, 5) is 92.4. The predicted molar refractivity (Wildman–Crippen MR) is 393 cm³/mol. The second-order valence-corrected chi connectivity index (χ2v) is 26.9. The first-order valence-corrected chi connectivity index (χ1v) is 34.9. The van der Waals surface area contributed by atoms with Gasteiger partial charge in [0.2, 0.25) is 11.4 Å². The fourth-order valence-electron chi connectivity index (χ4n) is 12.9. The van der Waals surface area contributed by atoms with E-state index in [0.29, 0.717) is 108 Å². The minimum Gasteiger partial charge on any atom is -0.871 e. The van der Waals surface area contributed by atoms with Crippen LogP contribution in [0, 0.1) is 39.5 Å². The molecule has 3 aliphatic carbocycles. The molecule has 100 heavy (non-hydrogen) atoms. The quantitative estimate of drug-likeness (QED) is 0.0361. The van der Waals surface area contributed by atoms with E-state index >= 15 is 0 Å². The van der Waals surface area contributed by atoms with Crippen LogP contribution in [-0.4, -0.2) is 90.0 Å². The number of benzene rings is 6. The lowest BCUT2D eigenvalue weighted by Gasteiger charge is -2.33. The van der Waals surface area contributed by atoms with Crippen molar-refractivity contribution in [2.24, 2.45) is 11.8 Å². The number of anilines is 2. The highest BCUT2D eigenvalue weighted by atomic mass is 16.5. The second kappa shape index (κ2) is 34.8. The van der Waals surface area contributed by atoms with Crippen LogP contribution in [0.25, 0.3) is 5.57 Å². The van der Waals surface area contributed by atoms with Crippen LogP contribution in [0.1, 0.15) is 172 Å². The van der Waals surface area contributed by atoms with E-state index in [4.69, 9.17) is 9.47 Å². The first-order valence-electron chi connectivity index (χ1n) is 34.9. The number of rotatable bonds is 18. The summed E-state index contributed by atoms with van der Waals surface area (Å²) in [6.07, 6.45) is 15.7. The number of nitrogens with one attached hydrogen (secondary N) is 4. The third-order valence-electron chi connectivity index (χ3n) is 18.7. The fourth-order valence-corrected chi connectivity index (χ4v) is 12.9. The molecule has 0 aromatic heterocycles. The average molecular weight is 1350 g/mol. The normalized spacial score (nSPS) is 17.0. The number of nitrogens with zero attached hydrogens (tertiary/aromatic N) is 2. The summed E-state index contributed by atoms with van der Waals surface area (Å²) in [6, 6.07) is 41.0. The number of allylic oxidation sites excluding steroid dienone is 7. The Morgan fingerprint density at radius 1 is 0.550 bits per heavy atom. The number of Topliss-reactive ketones (excluding diaryl/α,β-unsaturated/α-hetero) is 1. The topological polar surface area (TPSA) is 215 Å². The van der Waals surface area contributed by atoms with E-state index in [-0.39, 0.29) is 58.5 Å². The first-order chi connectivity index (χ1) is 48.1. The van der Waals surface area contributed by atoms with Gasteiger partial charge in [-0.1, -0.05) is 123 Å². The summed E-state index contributed by atoms with van der Waals surface area (Å²) in [7, 11) is 0. The SMILES string of the molecule is C=C(C)C(=O)OC(CCCC)CN(c1ccc(C2=C([O-])C(=C3C=CC(=[N+](CC(CCCC)OC(=O)C(=C)C)c4ccc(C)cc4C)C=C3)C2=O)cc1)c1ccc(C)cc1C.O=C1NCc2ccc(cc2)CNC(=O)c2cccc(c2)C(=O)NCC2CCC(CC2)CNC(=O)c2cccc1c2. The predicted octanol–water partition coefficient (Wildman–Crippen LogP) is 14.1. The number of aryl methyl sites for hydroxylation is 4. The Labute approximate surface area is 588 Å². The van der Waals surface area contributed by atoms with Gasteiger partial charge in [-0.3, -0.25) is 24.0 Å². The molecular weight excluding hydrogens is 1250 g/mol. The van der Waals surface area contributed by atoms with Crippen LogP contribution in [0.2, 0.25) is 0 Å². The van der Waals surface area contributed by atoms with Gasteiger partial charge in [-0.15, -0.1) is 0 Å². The number of ether oxygens (including phenoxy) is 2. The van der Waals surface area contributed by atoms with E-state index in [1.54, 1.807) is 62.4 Å². The number of hydrogen-bond acceptors (Lipinski definition) is 11. The maximum atomic E-state index is 13.8. The number of esters is 2. The van der Waals surface area contributed by atoms with E-state index in [2.05, 4.69) is 122 Å². The molecule has 2 unspecified atom stereocenters. The Hall–Kier alpha value is -10.5. The van der Waals surface area contributed by atoms with Crippen molar-refractivity contribution >= 4 is 69.7 Å². The number of unbranched alkanes of at least 4 members (excludes halogenated alkanes) is 2. The molecule has 6 aromatic rings. The zero-order chi connectivity index (χ0) is 71.6. The third kappa shape index (κ3) is 19.5. The number of carbonyl (C=O) groups excluding carboxylic acids is 7. The molecule has 4 N–H and O–H groups in total. The lowest BCUT2D eigenvalue weighted by molar-refractivity contribution is -0.451. The third-order valence-corrected chi connectivity index (χ3v) is 18.7. The van der Waals surface area contributed by atoms with Crippen molar-refractivity contribution in [1.82, 2.24) is 21.3 Å². The first kappa shape index (κ1) is 73.8. The van der Waals surface area contributed by atoms with E-state index in [1.165, 1.54) is 0 Å². The second-order valence-electron chi connectivity index (χ2n) is 26.9. The highest BCUT2D eigenvalue weighted by Crippen LogP contribution is 2.40. The smallest absolute Gasteiger partial charge is 0.333 e. The van der Waals surface area contributed by atoms with E-state index in [1.807, 2.05) is 72.8 Å². The van der Waals surface area contributed by atoms with Crippen molar-refractivity contribution in [2.45, 2.75) is 145 Å². The van der Waals surface area contributed by atoms with Crippen molar-refractivity contribution < 1.29 is 52.7 Å². The van der Waals surface area contributed by atoms with Crippen LogP contribution < -0.4 is 31.3 Å². The summed E-state index contributed by atoms with van der Waals surface area (Å²) in [5.41, 5.74) is 13.8. The van der Waals surface area contributed by atoms with Crippen LogP contribution in [0.3, 0.4) is 0 Å².